The lowest BCUT2D eigenvalue weighted by Crippen LogP contribution is -2.27. The summed E-state index contributed by atoms with van der Waals surface area (Å²) in [6, 6.07) is 1.09. The predicted octanol–water partition coefficient (Wildman–Crippen LogP) is 3.01. The molecule has 2 N–H and O–H groups in total. The molecular weight excluding hydrogens is 398 g/mol. The molecule has 1 fully saturated rings. The summed E-state index contributed by atoms with van der Waals surface area (Å²) < 4.78 is 75.7. The second-order valence-electron chi connectivity index (χ2n) is 6.75. The largest absolute Gasteiger partial charge is 0.467 e. The molecule has 4 rings (SSSR count). The third-order valence-electron chi connectivity index (χ3n) is 4.99. The predicted molar refractivity (Wildman–Crippen MR) is 91.2 cm³/mol. The fourth-order valence-corrected chi connectivity index (χ4v) is 3.69. The maximum absolute atomic E-state index is 14.9. The van der Waals surface area contributed by atoms with Crippen LogP contribution in [0.2, 0.25) is 0 Å². The average molecular weight is 415 g/mol. The number of anilines is 1. The molecule has 1 aromatic heterocycles. The van der Waals surface area contributed by atoms with Crippen LogP contribution >= 0.6 is 0 Å². The summed E-state index contributed by atoms with van der Waals surface area (Å²) >= 11 is 0. The molecule has 0 aliphatic carbocycles. The van der Waals surface area contributed by atoms with Crippen LogP contribution in [0.5, 0.6) is 5.75 Å². The van der Waals surface area contributed by atoms with Crippen LogP contribution in [0.25, 0.3) is 11.3 Å². The second-order valence-corrected chi connectivity index (χ2v) is 6.75. The van der Waals surface area contributed by atoms with Crippen LogP contribution < -0.4 is 10.5 Å². The minimum Gasteiger partial charge on any atom is -0.467 e. The Bertz CT molecular complexity index is 946. The van der Waals surface area contributed by atoms with Crippen LogP contribution in [0.1, 0.15) is 23.1 Å². The minimum atomic E-state index is -4.76. The van der Waals surface area contributed by atoms with E-state index in [-0.39, 0.29) is 42.8 Å². The number of hydrogen-bond acceptors (Lipinski definition) is 7. The summed E-state index contributed by atoms with van der Waals surface area (Å²) in [6.07, 6.45) is -4.23. The summed E-state index contributed by atoms with van der Waals surface area (Å²) in [5.41, 5.74) is 4.71. The molecule has 1 unspecified atom stereocenters. The van der Waals surface area contributed by atoms with Crippen molar-refractivity contribution in [3.05, 3.63) is 34.6 Å². The number of rotatable bonds is 4. The Balaban J connectivity index is 1.91. The number of benzene rings is 1. The van der Waals surface area contributed by atoms with Gasteiger partial charge in [-0.25, -0.2) is 4.39 Å². The van der Waals surface area contributed by atoms with Crippen LogP contribution in [-0.2, 0) is 32.6 Å². The Labute approximate surface area is 162 Å². The average Bonchev–Trinajstić information content (AvgIpc) is 3.29. The van der Waals surface area contributed by atoms with Crippen LogP contribution in [0.3, 0.4) is 0 Å². The molecule has 1 aromatic carbocycles. The van der Waals surface area contributed by atoms with Gasteiger partial charge < -0.3 is 24.7 Å². The first kappa shape index (κ1) is 19.8. The van der Waals surface area contributed by atoms with Gasteiger partial charge in [0.1, 0.15) is 22.9 Å². The molecule has 29 heavy (non-hydrogen) atoms. The molecule has 3 heterocycles. The number of nitrogen functional groups attached to an aromatic ring is 1. The number of ether oxygens (including phenoxy) is 4. The van der Waals surface area contributed by atoms with Crippen molar-refractivity contribution < 1.29 is 36.5 Å². The van der Waals surface area contributed by atoms with Crippen LogP contribution in [0, 0.1) is 5.82 Å². The highest BCUT2D eigenvalue weighted by Crippen LogP contribution is 2.49. The summed E-state index contributed by atoms with van der Waals surface area (Å²) in [4.78, 5) is 0. The molecule has 156 valence electrons. The number of nitrogens with two attached hydrogens (primary N) is 1. The number of methoxy groups -OCH3 is 1. The Morgan fingerprint density at radius 1 is 1.28 bits per heavy atom. The number of halogens is 4. The zero-order valence-electron chi connectivity index (χ0n) is 15.3. The summed E-state index contributed by atoms with van der Waals surface area (Å²) in [5.74, 6) is -1.42. The van der Waals surface area contributed by atoms with Gasteiger partial charge in [0.15, 0.2) is 12.6 Å². The molecule has 2 aliphatic heterocycles. The van der Waals surface area contributed by atoms with Crippen molar-refractivity contribution in [2.75, 3.05) is 32.9 Å². The monoisotopic (exact) mass is 415 g/mol. The van der Waals surface area contributed by atoms with Gasteiger partial charge in [-0.05, 0) is 12.1 Å². The van der Waals surface area contributed by atoms with Gasteiger partial charge in [-0.3, -0.25) is 0 Å². The van der Waals surface area contributed by atoms with Gasteiger partial charge in [-0.2, -0.15) is 13.2 Å². The molecule has 0 saturated carbocycles. The Kier molecular flexibility index (Phi) is 4.83. The Morgan fingerprint density at radius 2 is 2.07 bits per heavy atom. The van der Waals surface area contributed by atoms with Crippen LogP contribution in [-0.4, -0.2) is 37.3 Å². The van der Waals surface area contributed by atoms with Crippen LogP contribution in [0.4, 0.5) is 23.4 Å². The number of aromatic nitrogens is 2. The first-order valence-corrected chi connectivity index (χ1v) is 8.67. The highest BCUT2D eigenvalue weighted by Gasteiger charge is 2.47. The highest BCUT2D eigenvalue weighted by atomic mass is 19.4. The molecule has 11 heteroatoms. The lowest BCUT2D eigenvalue weighted by Gasteiger charge is -2.22. The highest BCUT2D eigenvalue weighted by molar-refractivity contribution is 5.74. The standard InChI is InChI=1S/C18H17F4N3O4/c1-26-8-28-12-5-9(18(20,21)22)4-11(19)13(12)15-10-6-29-17(2-3-27-7-17)14(10)16(23)25-24-15/h4-5H,2-3,6-8H2,1H3,(H2,23,25). The van der Waals surface area contributed by atoms with Gasteiger partial charge in [0, 0.05) is 31.3 Å². The zero-order chi connectivity index (χ0) is 20.8. The molecule has 0 bridgehead atoms. The molecule has 1 saturated heterocycles. The Hall–Kier alpha value is -2.50. The second kappa shape index (κ2) is 7.08. The number of fused-ring (bicyclic) bond motifs is 2. The van der Waals surface area contributed by atoms with Crippen molar-refractivity contribution in [1.82, 2.24) is 10.2 Å². The summed E-state index contributed by atoms with van der Waals surface area (Å²) in [6.45, 7) is 0.357. The fraction of sp³-hybridized carbons (Fsp3) is 0.444. The third kappa shape index (κ3) is 3.28. The van der Waals surface area contributed by atoms with Gasteiger partial charge >= 0.3 is 6.18 Å². The SMILES string of the molecule is COCOc1cc(C(F)(F)F)cc(F)c1-c1nnc(N)c2c1COC21CCOC1. The normalized spacial score (nSPS) is 21.0. The van der Waals surface area contributed by atoms with E-state index in [9.17, 15) is 17.6 Å². The maximum Gasteiger partial charge on any atom is 0.416 e. The van der Waals surface area contributed by atoms with Crippen molar-refractivity contribution in [3.63, 3.8) is 0 Å². The number of hydrogen-bond donors (Lipinski definition) is 1. The third-order valence-corrected chi connectivity index (χ3v) is 4.99. The smallest absolute Gasteiger partial charge is 0.416 e. The zero-order valence-corrected chi connectivity index (χ0v) is 15.3. The van der Waals surface area contributed by atoms with E-state index < -0.39 is 23.2 Å². The van der Waals surface area contributed by atoms with E-state index in [0.717, 1.165) is 0 Å². The Morgan fingerprint density at radius 3 is 2.72 bits per heavy atom. The molecule has 2 aromatic rings. The van der Waals surface area contributed by atoms with Crippen molar-refractivity contribution >= 4 is 5.82 Å². The maximum atomic E-state index is 14.9. The van der Waals surface area contributed by atoms with Crippen molar-refractivity contribution in [2.24, 2.45) is 0 Å². The van der Waals surface area contributed by atoms with Crippen molar-refractivity contribution in [2.45, 2.75) is 24.8 Å². The van der Waals surface area contributed by atoms with E-state index in [4.69, 9.17) is 24.7 Å². The van der Waals surface area contributed by atoms with Gasteiger partial charge in [-0.15, -0.1) is 10.2 Å². The summed E-state index contributed by atoms with van der Waals surface area (Å²) in [5, 5.41) is 7.85. The first-order chi connectivity index (χ1) is 13.8. The quantitative estimate of drug-likeness (QED) is 0.607. The first-order valence-electron chi connectivity index (χ1n) is 8.67. The lowest BCUT2D eigenvalue weighted by atomic mass is 9.90. The molecule has 1 atom stereocenters. The molecular formula is C18H17F4N3O4. The molecule has 1 spiro atoms. The minimum absolute atomic E-state index is 0.00954. The van der Waals surface area contributed by atoms with Gasteiger partial charge in [0.25, 0.3) is 0 Å². The van der Waals surface area contributed by atoms with Crippen molar-refractivity contribution in [1.29, 1.82) is 0 Å². The number of alkyl halides is 3. The van der Waals surface area contributed by atoms with E-state index in [1.165, 1.54) is 7.11 Å². The topological polar surface area (TPSA) is 88.7 Å². The van der Waals surface area contributed by atoms with Gasteiger partial charge in [0.05, 0.1) is 24.3 Å². The molecule has 0 amide bonds. The van der Waals surface area contributed by atoms with Crippen LogP contribution in [0.15, 0.2) is 12.1 Å². The molecule has 0 radical (unpaired) electrons. The van der Waals surface area contributed by atoms with Gasteiger partial charge in [-0.1, -0.05) is 0 Å². The number of nitrogens with zero attached hydrogens (tertiary/aromatic N) is 2. The van der Waals surface area contributed by atoms with E-state index in [0.29, 0.717) is 36.3 Å². The lowest BCUT2D eigenvalue weighted by molar-refractivity contribution is -0.137. The van der Waals surface area contributed by atoms with E-state index in [1.807, 2.05) is 0 Å². The van der Waals surface area contributed by atoms with E-state index in [2.05, 4.69) is 10.2 Å². The fourth-order valence-electron chi connectivity index (χ4n) is 3.69. The van der Waals surface area contributed by atoms with E-state index >= 15 is 0 Å². The molecule has 2 aliphatic rings. The molecule has 7 nitrogen and oxygen atoms in total. The van der Waals surface area contributed by atoms with Crippen molar-refractivity contribution in [3.8, 4) is 17.0 Å². The van der Waals surface area contributed by atoms with Gasteiger partial charge in [0.2, 0.25) is 0 Å². The van der Waals surface area contributed by atoms with E-state index in [1.54, 1.807) is 0 Å². The summed E-state index contributed by atoms with van der Waals surface area (Å²) in [7, 11) is 1.29.